The Balaban J connectivity index is 3.23. The van der Waals surface area contributed by atoms with E-state index in [4.69, 9.17) is 0 Å². The molecule has 1 N–H and O–H groups in total. The highest BCUT2D eigenvalue weighted by atomic mass is 19.4. The predicted molar refractivity (Wildman–Crippen MR) is 69.3 cm³/mol. The first-order chi connectivity index (χ1) is 9.45. The Kier molecular flexibility index (Phi) is 4.99. The van der Waals surface area contributed by atoms with Gasteiger partial charge in [-0.1, -0.05) is 0 Å². The molecular formula is C14H17F4NO2. The Morgan fingerprint density at radius 3 is 2.29 bits per heavy atom. The molecule has 0 bridgehead atoms. The minimum atomic E-state index is -4.83. The van der Waals surface area contributed by atoms with Gasteiger partial charge in [-0.15, -0.1) is 0 Å². The number of alkyl halides is 3. The number of nitrogens with zero attached hydrogens (tertiary/aromatic N) is 1. The molecule has 118 valence electrons. The summed E-state index contributed by atoms with van der Waals surface area (Å²) in [4.78, 5) is 13.3. The van der Waals surface area contributed by atoms with Gasteiger partial charge in [0.1, 0.15) is 5.82 Å². The number of halogens is 4. The van der Waals surface area contributed by atoms with E-state index in [-0.39, 0.29) is 13.1 Å². The Bertz CT molecular complexity index is 521. The van der Waals surface area contributed by atoms with Gasteiger partial charge in [0, 0.05) is 13.1 Å². The number of likely N-dealkylation sites (N-methyl/N-ethyl adjacent to an activating group) is 1. The average molecular weight is 307 g/mol. The van der Waals surface area contributed by atoms with Crippen LogP contribution in [-0.4, -0.2) is 34.6 Å². The van der Waals surface area contributed by atoms with Gasteiger partial charge in [-0.2, -0.15) is 13.2 Å². The number of rotatable bonds is 4. The maximum atomic E-state index is 13.0. The fraction of sp³-hybridized carbons (Fsp3) is 0.500. The molecule has 0 radical (unpaired) electrons. The van der Waals surface area contributed by atoms with E-state index in [1.807, 2.05) is 0 Å². The van der Waals surface area contributed by atoms with Crippen molar-refractivity contribution in [3.63, 3.8) is 0 Å². The molecule has 1 rings (SSSR count). The Labute approximate surface area is 120 Å². The van der Waals surface area contributed by atoms with Crippen LogP contribution in [0.3, 0.4) is 0 Å². The normalized spacial score (nSPS) is 12.4. The third kappa shape index (κ3) is 4.70. The van der Waals surface area contributed by atoms with Crippen LogP contribution in [0.2, 0.25) is 0 Å². The molecule has 0 saturated heterocycles. The molecule has 3 nitrogen and oxygen atoms in total. The summed E-state index contributed by atoms with van der Waals surface area (Å²) in [6.07, 6.45) is -4.83. The third-order valence-electron chi connectivity index (χ3n) is 2.76. The number of hydrogen-bond acceptors (Lipinski definition) is 2. The molecule has 0 aliphatic heterocycles. The molecule has 1 aromatic rings. The van der Waals surface area contributed by atoms with E-state index in [0.717, 1.165) is 17.0 Å². The molecule has 0 atom stereocenters. The summed E-state index contributed by atoms with van der Waals surface area (Å²) in [6.45, 7) is 4.46. The molecule has 0 aliphatic rings. The van der Waals surface area contributed by atoms with Crippen LogP contribution in [0.1, 0.15) is 36.7 Å². The van der Waals surface area contributed by atoms with Crippen LogP contribution in [-0.2, 0) is 6.18 Å². The molecule has 0 unspecified atom stereocenters. The maximum Gasteiger partial charge on any atom is 0.417 e. The number of hydrogen-bond donors (Lipinski definition) is 1. The van der Waals surface area contributed by atoms with Crippen molar-refractivity contribution in [3.05, 3.63) is 35.1 Å². The molecule has 1 amide bonds. The van der Waals surface area contributed by atoms with Crippen LogP contribution in [0.4, 0.5) is 17.6 Å². The summed E-state index contributed by atoms with van der Waals surface area (Å²) in [6, 6.07) is 1.92. The highest BCUT2D eigenvalue weighted by molar-refractivity contribution is 5.96. The summed E-state index contributed by atoms with van der Waals surface area (Å²) < 4.78 is 51.8. The molecule has 0 aromatic heterocycles. The lowest BCUT2D eigenvalue weighted by Gasteiger charge is -2.29. The number of benzene rings is 1. The van der Waals surface area contributed by atoms with E-state index < -0.39 is 34.6 Å². The summed E-state index contributed by atoms with van der Waals surface area (Å²) in [7, 11) is 0. The van der Waals surface area contributed by atoms with Gasteiger partial charge in [-0.3, -0.25) is 4.79 Å². The molecule has 0 spiro atoms. The zero-order valence-electron chi connectivity index (χ0n) is 12.0. The van der Waals surface area contributed by atoms with E-state index >= 15 is 0 Å². The minimum absolute atomic E-state index is 0.123. The van der Waals surface area contributed by atoms with Crippen molar-refractivity contribution < 1.29 is 27.5 Å². The van der Waals surface area contributed by atoms with Gasteiger partial charge < -0.3 is 10.0 Å². The third-order valence-corrected chi connectivity index (χ3v) is 2.76. The van der Waals surface area contributed by atoms with E-state index in [9.17, 15) is 27.5 Å². The van der Waals surface area contributed by atoms with Crippen molar-refractivity contribution in [3.8, 4) is 0 Å². The molecule has 21 heavy (non-hydrogen) atoms. The fourth-order valence-corrected chi connectivity index (χ4v) is 1.90. The summed E-state index contributed by atoms with van der Waals surface area (Å²) >= 11 is 0. The summed E-state index contributed by atoms with van der Waals surface area (Å²) in [5.74, 6) is -1.96. The van der Waals surface area contributed by atoms with Gasteiger partial charge in [0.25, 0.3) is 5.91 Å². The molecular weight excluding hydrogens is 290 g/mol. The van der Waals surface area contributed by atoms with Crippen LogP contribution >= 0.6 is 0 Å². The number of aliphatic hydroxyl groups is 1. The van der Waals surface area contributed by atoms with E-state index in [1.165, 1.54) is 13.8 Å². The first kappa shape index (κ1) is 17.4. The van der Waals surface area contributed by atoms with Crippen LogP contribution in [0, 0.1) is 5.82 Å². The molecule has 1 aromatic carbocycles. The van der Waals surface area contributed by atoms with Gasteiger partial charge in [0.05, 0.1) is 16.7 Å². The lowest BCUT2D eigenvalue weighted by Crippen LogP contribution is -2.42. The maximum absolute atomic E-state index is 13.0. The van der Waals surface area contributed by atoms with Crippen molar-refractivity contribution in [1.29, 1.82) is 0 Å². The van der Waals surface area contributed by atoms with E-state index in [0.29, 0.717) is 6.07 Å². The highest BCUT2D eigenvalue weighted by Crippen LogP contribution is 2.33. The second-order valence-corrected chi connectivity index (χ2v) is 5.32. The zero-order chi connectivity index (χ0) is 16.4. The highest BCUT2D eigenvalue weighted by Gasteiger charge is 2.37. The summed E-state index contributed by atoms with van der Waals surface area (Å²) in [5, 5.41) is 9.71. The number of carbonyl (C=O) groups is 1. The lowest BCUT2D eigenvalue weighted by molar-refractivity contribution is -0.138. The number of carbonyl (C=O) groups excluding carboxylic acids is 1. The van der Waals surface area contributed by atoms with Crippen LogP contribution in [0.15, 0.2) is 18.2 Å². The quantitative estimate of drug-likeness (QED) is 0.869. The first-order valence-electron chi connectivity index (χ1n) is 6.34. The van der Waals surface area contributed by atoms with Crippen molar-refractivity contribution in [2.75, 3.05) is 13.1 Å². The van der Waals surface area contributed by atoms with Crippen molar-refractivity contribution in [2.24, 2.45) is 0 Å². The standard InChI is InChI=1S/C14H17F4NO2/c1-4-19(8-13(2,3)21)12(20)10-6-5-9(15)7-11(10)14(16,17)18/h5-7,21H,4,8H2,1-3H3. The second-order valence-electron chi connectivity index (χ2n) is 5.32. The zero-order valence-corrected chi connectivity index (χ0v) is 12.0. The van der Waals surface area contributed by atoms with Crippen molar-refractivity contribution in [2.45, 2.75) is 32.5 Å². The predicted octanol–water partition coefficient (Wildman–Crippen LogP) is 3.08. The lowest BCUT2D eigenvalue weighted by atomic mass is 10.0. The van der Waals surface area contributed by atoms with Crippen LogP contribution < -0.4 is 0 Å². The first-order valence-corrected chi connectivity index (χ1v) is 6.34. The van der Waals surface area contributed by atoms with Crippen molar-refractivity contribution >= 4 is 5.91 Å². The Hall–Kier alpha value is -1.63. The van der Waals surface area contributed by atoms with Gasteiger partial charge >= 0.3 is 6.18 Å². The molecule has 0 saturated carbocycles. The molecule has 7 heteroatoms. The smallest absolute Gasteiger partial charge is 0.389 e. The largest absolute Gasteiger partial charge is 0.417 e. The van der Waals surface area contributed by atoms with Gasteiger partial charge in [0.2, 0.25) is 0 Å². The molecule has 0 fully saturated rings. The van der Waals surface area contributed by atoms with Gasteiger partial charge in [0.15, 0.2) is 0 Å². The van der Waals surface area contributed by atoms with Gasteiger partial charge in [-0.25, -0.2) is 4.39 Å². The minimum Gasteiger partial charge on any atom is -0.389 e. The van der Waals surface area contributed by atoms with Crippen LogP contribution in [0.25, 0.3) is 0 Å². The van der Waals surface area contributed by atoms with Gasteiger partial charge in [-0.05, 0) is 39.0 Å². The van der Waals surface area contributed by atoms with E-state index in [1.54, 1.807) is 6.92 Å². The monoisotopic (exact) mass is 307 g/mol. The van der Waals surface area contributed by atoms with E-state index in [2.05, 4.69) is 0 Å². The average Bonchev–Trinajstić information content (AvgIpc) is 2.33. The Morgan fingerprint density at radius 2 is 1.86 bits per heavy atom. The fourth-order valence-electron chi connectivity index (χ4n) is 1.90. The van der Waals surface area contributed by atoms with Crippen LogP contribution in [0.5, 0.6) is 0 Å². The van der Waals surface area contributed by atoms with Crippen molar-refractivity contribution in [1.82, 2.24) is 4.90 Å². The SMILES string of the molecule is CCN(CC(C)(C)O)C(=O)c1ccc(F)cc1C(F)(F)F. The topological polar surface area (TPSA) is 40.5 Å². The molecule has 0 heterocycles. The Morgan fingerprint density at radius 1 is 1.29 bits per heavy atom. The number of amides is 1. The molecule has 0 aliphatic carbocycles. The second kappa shape index (κ2) is 6.01. The summed E-state index contributed by atoms with van der Waals surface area (Å²) in [5.41, 5.74) is -3.19.